The summed E-state index contributed by atoms with van der Waals surface area (Å²) in [5, 5.41) is 3.47. The van der Waals surface area contributed by atoms with Crippen molar-refractivity contribution in [2.75, 3.05) is 31.4 Å². The molecule has 1 unspecified atom stereocenters. The van der Waals surface area contributed by atoms with Crippen molar-refractivity contribution in [3.8, 4) is 0 Å². The van der Waals surface area contributed by atoms with Crippen molar-refractivity contribution in [2.45, 2.75) is 46.1 Å². The topological polar surface area (TPSA) is 79.1 Å². The summed E-state index contributed by atoms with van der Waals surface area (Å²) in [5.74, 6) is 7.94. The van der Waals surface area contributed by atoms with Crippen molar-refractivity contribution in [1.82, 2.24) is 14.9 Å². The lowest BCUT2D eigenvalue weighted by atomic mass is 10.2. The number of nitrogen functional groups attached to an aromatic ring is 1. The second-order valence-corrected chi connectivity index (χ2v) is 5.49. The first kappa shape index (κ1) is 16.7. The first-order chi connectivity index (χ1) is 9.47. The molecule has 0 fully saturated rings. The Morgan fingerprint density at radius 3 is 2.45 bits per heavy atom. The molecule has 0 saturated carbocycles. The summed E-state index contributed by atoms with van der Waals surface area (Å²) in [7, 11) is 4.16. The van der Waals surface area contributed by atoms with Gasteiger partial charge in [-0.25, -0.2) is 15.8 Å². The first-order valence-electron chi connectivity index (χ1n) is 7.23. The Balaban J connectivity index is 2.84. The summed E-state index contributed by atoms with van der Waals surface area (Å²) in [6, 6.07) is 0.353. The van der Waals surface area contributed by atoms with Gasteiger partial charge < -0.3 is 15.6 Å². The molecule has 0 bridgehead atoms. The number of nitrogens with zero attached hydrogens (tertiary/aromatic N) is 3. The van der Waals surface area contributed by atoms with Gasteiger partial charge in [0.2, 0.25) is 0 Å². The number of nitrogens with two attached hydrogens (primary N) is 1. The minimum atomic E-state index is 0.353. The van der Waals surface area contributed by atoms with E-state index in [0.29, 0.717) is 11.9 Å². The second kappa shape index (κ2) is 8.01. The van der Waals surface area contributed by atoms with Crippen LogP contribution in [0.1, 0.15) is 38.1 Å². The van der Waals surface area contributed by atoms with Crippen LogP contribution in [0, 0.1) is 6.92 Å². The van der Waals surface area contributed by atoms with Crippen molar-refractivity contribution >= 4 is 11.6 Å². The highest BCUT2D eigenvalue weighted by Gasteiger charge is 2.12. The van der Waals surface area contributed by atoms with Crippen LogP contribution >= 0.6 is 0 Å². The van der Waals surface area contributed by atoms with Gasteiger partial charge in [-0.05, 0) is 47.3 Å². The van der Waals surface area contributed by atoms with Gasteiger partial charge in [-0.15, -0.1) is 0 Å². The molecule has 0 amide bonds. The van der Waals surface area contributed by atoms with Crippen molar-refractivity contribution in [1.29, 1.82) is 0 Å². The smallest absolute Gasteiger partial charge is 0.148 e. The highest BCUT2D eigenvalue weighted by molar-refractivity contribution is 5.57. The van der Waals surface area contributed by atoms with E-state index in [4.69, 9.17) is 5.84 Å². The maximum atomic E-state index is 5.54. The summed E-state index contributed by atoms with van der Waals surface area (Å²) >= 11 is 0. The van der Waals surface area contributed by atoms with E-state index in [0.717, 1.165) is 43.0 Å². The van der Waals surface area contributed by atoms with E-state index in [1.54, 1.807) is 0 Å². The standard InChI is InChI=1S/C14H28N6/c1-6-7-12-17-13(11(3)14(18-12)19-15)16-10(2)8-9-20(4)5/h10H,6-9,15H2,1-5H3,(H2,16,17,18,19). The van der Waals surface area contributed by atoms with Gasteiger partial charge in [0.05, 0.1) is 0 Å². The molecule has 0 aliphatic carbocycles. The number of nitrogens with one attached hydrogen (secondary N) is 2. The van der Waals surface area contributed by atoms with Gasteiger partial charge in [0.1, 0.15) is 17.5 Å². The van der Waals surface area contributed by atoms with Crippen LogP contribution in [0.4, 0.5) is 11.6 Å². The molecule has 0 aromatic carbocycles. The lowest BCUT2D eigenvalue weighted by Crippen LogP contribution is -2.24. The van der Waals surface area contributed by atoms with Crippen LogP contribution in [-0.2, 0) is 6.42 Å². The van der Waals surface area contributed by atoms with Crippen LogP contribution in [0.3, 0.4) is 0 Å². The SMILES string of the molecule is CCCc1nc(NN)c(C)c(NC(C)CCN(C)C)n1. The number of rotatable bonds is 8. The maximum Gasteiger partial charge on any atom is 0.148 e. The highest BCUT2D eigenvalue weighted by atomic mass is 15.3. The van der Waals surface area contributed by atoms with Gasteiger partial charge >= 0.3 is 0 Å². The Bertz CT molecular complexity index is 418. The summed E-state index contributed by atoms with van der Waals surface area (Å²) < 4.78 is 0. The second-order valence-electron chi connectivity index (χ2n) is 5.49. The maximum absolute atomic E-state index is 5.54. The van der Waals surface area contributed by atoms with Crippen LogP contribution in [-0.4, -0.2) is 41.5 Å². The quantitative estimate of drug-likeness (QED) is 0.497. The van der Waals surface area contributed by atoms with Crippen molar-refractivity contribution in [3.63, 3.8) is 0 Å². The number of aryl methyl sites for hydroxylation is 1. The number of hydrazine groups is 1. The molecular formula is C14H28N6. The molecule has 20 heavy (non-hydrogen) atoms. The van der Waals surface area contributed by atoms with Crippen LogP contribution in [0.2, 0.25) is 0 Å². The number of aromatic nitrogens is 2. The lowest BCUT2D eigenvalue weighted by molar-refractivity contribution is 0.390. The van der Waals surface area contributed by atoms with Crippen LogP contribution in [0.25, 0.3) is 0 Å². The van der Waals surface area contributed by atoms with Crippen molar-refractivity contribution < 1.29 is 0 Å². The van der Waals surface area contributed by atoms with Gasteiger partial charge in [0, 0.05) is 18.0 Å². The number of hydrogen-bond donors (Lipinski definition) is 3. The van der Waals surface area contributed by atoms with E-state index >= 15 is 0 Å². The minimum absolute atomic E-state index is 0.353. The van der Waals surface area contributed by atoms with E-state index in [1.165, 1.54) is 0 Å². The highest BCUT2D eigenvalue weighted by Crippen LogP contribution is 2.20. The number of anilines is 2. The Labute approximate surface area is 122 Å². The average Bonchev–Trinajstić information content (AvgIpc) is 2.40. The average molecular weight is 280 g/mol. The molecule has 1 aromatic rings. The third-order valence-corrected chi connectivity index (χ3v) is 3.19. The fourth-order valence-electron chi connectivity index (χ4n) is 1.94. The summed E-state index contributed by atoms with van der Waals surface area (Å²) in [6.45, 7) is 7.31. The van der Waals surface area contributed by atoms with E-state index in [2.05, 4.69) is 53.6 Å². The van der Waals surface area contributed by atoms with Crippen LogP contribution < -0.4 is 16.6 Å². The Kier molecular flexibility index (Phi) is 6.67. The van der Waals surface area contributed by atoms with Gasteiger partial charge in [-0.2, -0.15) is 0 Å². The van der Waals surface area contributed by atoms with Crippen LogP contribution in [0.5, 0.6) is 0 Å². The fourth-order valence-corrected chi connectivity index (χ4v) is 1.94. The van der Waals surface area contributed by atoms with Gasteiger partial charge in [0.25, 0.3) is 0 Å². The molecule has 0 aliphatic heterocycles. The van der Waals surface area contributed by atoms with E-state index < -0.39 is 0 Å². The Morgan fingerprint density at radius 1 is 1.25 bits per heavy atom. The zero-order chi connectivity index (χ0) is 15.1. The molecular weight excluding hydrogens is 252 g/mol. The summed E-state index contributed by atoms with van der Waals surface area (Å²) in [4.78, 5) is 11.2. The Morgan fingerprint density at radius 2 is 1.90 bits per heavy atom. The molecule has 0 radical (unpaired) electrons. The largest absolute Gasteiger partial charge is 0.367 e. The predicted octanol–water partition coefficient (Wildman–Crippen LogP) is 1.78. The minimum Gasteiger partial charge on any atom is -0.367 e. The van der Waals surface area contributed by atoms with E-state index in [-0.39, 0.29) is 0 Å². The molecule has 6 nitrogen and oxygen atoms in total. The van der Waals surface area contributed by atoms with Gasteiger partial charge in [0.15, 0.2) is 0 Å². The first-order valence-corrected chi connectivity index (χ1v) is 7.23. The van der Waals surface area contributed by atoms with Crippen LogP contribution in [0.15, 0.2) is 0 Å². The molecule has 1 rings (SSSR count). The van der Waals surface area contributed by atoms with Crippen molar-refractivity contribution in [3.05, 3.63) is 11.4 Å². The predicted molar refractivity (Wildman–Crippen MR) is 84.8 cm³/mol. The zero-order valence-electron chi connectivity index (χ0n) is 13.3. The molecule has 0 saturated heterocycles. The van der Waals surface area contributed by atoms with E-state index in [1.807, 2.05) is 6.92 Å². The molecule has 4 N–H and O–H groups in total. The summed E-state index contributed by atoms with van der Waals surface area (Å²) in [5.41, 5.74) is 3.62. The third kappa shape index (κ3) is 4.94. The summed E-state index contributed by atoms with van der Waals surface area (Å²) in [6.07, 6.45) is 2.93. The molecule has 1 aromatic heterocycles. The molecule has 1 heterocycles. The molecule has 114 valence electrons. The normalized spacial score (nSPS) is 12.6. The number of hydrogen-bond acceptors (Lipinski definition) is 6. The molecule has 0 spiro atoms. The van der Waals surface area contributed by atoms with Gasteiger partial charge in [-0.3, -0.25) is 0 Å². The third-order valence-electron chi connectivity index (χ3n) is 3.19. The molecule has 0 aliphatic rings. The molecule has 1 atom stereocenters. The van der Waals surface area contributed by atoms with Crippen molar-refractivity contribution in [2.24, 2.45) is 5.84 Å². The van der Waals surface area contributed by atoms with E-state index in [9.17, 15) is 0 Å². The zero-order valence-corrected chi connectivity index (χ0v) is 13.3. The van der Waals surface area contributed by atoms with Gasteiger partial charge in [-0.1, -0.05) is 6.92 Å². The molecule has 6 heteroatoms. The lowest BCUT2D eigenvalue weighted by Gasteiger charge is -2.19. The monoisotopic (exact) mass is 280 g/mol. The Hall–Kier alpha value is -1.40. The fraction of sp³-hybridized carbons (Fsp3) is 0.714.